The fourth-order valence-electron chi connectivity index (χ4n) is 1.57. The van der Waals surface area contributed by atoms with Crippen LogP contribution in [0, 0.1) is 0 Å². The van der Waals surface area contributed by atoms with Gasteiger partial charge in [-0.2, -0.15) is 0 Å². The summed E-state index contributed by atoms with van der Waals surface area (Å²) in [5.74, 6) is 0.689. The number of ether oxygens (including phenoxy) is 2. The first kappa shape index (κ1) is 17.4. The second kappa shape index (κ2) is 10.1. The van der Waals surface area contributed by atoms with Crippen molar-refractivity contribution in [2.24, 2.45) is 0 Å². The number of nitrogens with one attached hydrogen (secondary N) is 2. The van der Waals surface area contributed by atoms with Crippen LogP contribution < -0.4 is 15.4 Å². The second-order valence-electron chi connectivity index (χ2n) is 4.87. The number of likely N-dealkylation sites (N-methyl/N-ethyl adjacent to an activating group) is 1. The quantitative estimate of drug-likeness (QED) is 0.625. The van der Waals surface area contributed by atoms with E-state index in [0.29, 0.717) is 19.8 Å². The third kappa shape index (κ3) is 8.29. The number of benzene rings is 1. The smallest absolute Gasteiger partial charge is 0.238 e. The molecule has 1 rings (SSSR count). The SMILES string of the molecule is COc1ccc(NC(=O)CNCCOCCN(C)C)cc1. The number of carbonyl (C=O) groups is 1. The van der Waals surface area contributed by atoms with Crippen molar-refractivity contribution < 1.29 is 14.3 Å². The summed E-state index contributed by atoms with van der Waals surface area (Å²) < 4.78 is 10.5. The Balaban J connectivity index is 2.08. The number of nitrogens with zero attached hydrogens (tertiary/aromatic N) is 1. The van der Waals surface area contributed by atoms with Gasteiger partial charge in [-0.15, -0.1) is 0 Å². The first-order chi connectivity index (χ1) is 10.1. The molecule has 0 saturated carbocycles. The third-order valence-corrected chi connectivity index (χ3v) is 2.77. The summed E-state index contributed by atoms with van der Waals surface area (Å²) in [6, 6.07) is 7.23. The molecular formula is C15H25N3O3. The van der Waals surface area contributed by atoms with Gasteiger partial charge in [-0.25, -0.2) is 0 Å². The van der Waals surface area contributed by atoms with Crippen LogP contribution >= 0.6 is 0 Å². The molecule has 6 nitrogen and oxygen atoms in total. The number of carbonyl (C=O) groups excluding carboxylic acids is 1. The van der Waals surface area contributed by atoms with Gasteiger partial charge in [-0.3, -0.25) is 4.79 Å². The van der Waals surface area contributed by atoms with Crippen LogP contribution in [-0.4, -0.2) is 64.9 Å². The number of hydrogen-bond acceptors (Lipinski definition) is 5. The van der Waals surface area contributed by atoms with E-state index in [-0.39, 0.29) is 12.5 Å². The molecule has 1 aromatic carbocycles. The van der Waals surface area contributed by atoms with E-state index in [2.05, 4.69) is 15.5 Å². The van der Waals surface area contributed by atoms with Crippen LogP contribution in [0.1, 0.15) is 0 Å². The van der Waals surface area contributed by atoms with Gasteiger partial charge in [0.15, 0.2) is 0 Å². The summed E-state index contributed by atoms with van der Waals surface area (Å²) in [6.45, 7) is 3.13. The molecule has 1 amide bonds. The van der Waals surface area contributed by atoms with Gasteiger partial charge in [-0.1, -0.05) is 0 Å². The van der Waals surface area contributed by atoms with Gasteiger partial charge >= 0.3 is 0 Å². The Morgan fingerprint density at radius 2 is 1.90 bits per heavy atom. The molecule has 0 unspecified atom stereocenters. The van der Waals surface area contributed by atoms with Crippen LogP contribution in [0.25, 0.3) is 0 Å². The maximum absolute atomic E-state index is 11.7. The summed E-state index contributed by atoms with van der Waals surface area (Å²) in [5.41, 5.74) is 0.754. The second-order valence-corrected chi connectivity index (χ2v) is 4.87. The molecule has 0 bridgehead atoms. The first-order valence-electron chi connectivity index (χ1n) is 6.99. The summed E-state index contributed by atoms with van der Waals surface area (Å²) in [6.07, 6.45) is 0. The molecule has 0 radical (unpaired) electrons. The molecule has 6 heteroatoms. The van der Waals surface area contributed by atoms with Gasteiger partial charge in [0.25, 0.3) is 0 Å². The minimum atomic E-state index is -0.0755. The highest BCUT2D eigenvalue weighted by Crippen LogP contribution is 2.14. The van der Waals surface area contributed by atoms with E-state index in [1.807, 2.05) is 26.2 Å². The van der Waals surface area contributed by atoms with Crippen LogP contribution in [0.5, 0.6) is 5.75 Å². The van der Waals surface area contributed by atoms with Gasteiger partial charge in [0.05, 0.1) is 26.9 Å². The zero-order valence-corrected chi connectivity index (χ0v) is 13.0. The summed E-state index contributed by atoms with van der Waals surface area (Å²) in [5, 5.41) is 5.85. The Hall–Kier alpha value is -1.63. The Morgan fingerprint density at radius 1 is 1.19 bits per heavy atom. The molecular weight excluding hydrogens is 270 g/mol. The van der Waals surface area contributed by atoms with Crippen molar-refractivity contribution >= 4 is 11.6 Å². The highest BCUT2D eigenvalue weighted by atomic mass is 16.5. The molecule has 118 valence electrons. The minimum absolute atomic E-state index is 0.0755. The van der Waals surface area contributed by atoms with E-state index < -0.39 is 0 Å². The highest BCUT2D eigenvalue weighted by Gasteiger charge is 2.01. The molecule has 0 aliphatic rings. The average Bonchev–Trinajstić information content (AvgIpc) is 2.46. The zero-order chi connectivity index (χ0) is 15.5. The number of amides is 1. The summed E-state index contributed by atoms with van der Waals surface area (Å²) >= 11 is 0. The van der Waals surface area contributed by atoms with Crippen molar-refractivity contribution in [1.82, 2.24) is 10.2 Å². The van der Waals surface area contributed by atoms with Crippen molar-refractivity contribution in [3.05, 3.63) is 24.3 Å². The molecule has 0 fully saturated rings. The number of hydrogen-bond donors (Lipinski definition) is 2. The van der Waals surface area contributed by atoms with Gasteiger partial charge in [0, 0.05) is 18.8 Å². The molecule has 0 saturated heterocycles. The van der Waals surface area contributed by atoms with Crippen molar-refractivity contribution in [3.8, 4) is 5.75 Å². The zero-order valence-electron chi connectivity index (χ0n) is 13.0. The van der Waals surface area contributed by atoms with Gasteiger partial charge in [0.1, 0.15) is 5.75 Å². The van der Waals surface area contributed by atoms with E-state index in [1.54, 1.807) is 19.2 Å². The number of methoxy groups -OCH3 is 1. The van der Waals surface area contributed by atoms with Gasteiger partial charge in [0.2, 0.25) is 5.91 Å². The number of rotatable bonds is 10. The van der Waals surface area contributed by atoms with E-state index in [9.17, 15) is 4.79 Å². The van der Waals surface area contributed by atoms with Crippen LogP contribution in [0.2, 0.25) is 0 Å². The molecule has 0 spiro atoms. The molecule has 21 heavy (non-hydrogen) atoms. The van der Waals surface area contributed by atoms with Crippen molar-refractivity contribution in [1.29, 1.82) is 0 Å². The lowest BCUT2D eigenvalue weighted by Crippen LogP contribution is -2.31. The minimum Gasteiger partial charge on any atom is -0.497 e. The topological polar surface area (TPSA) is 62.8 Å². The summed E-state index contributed by atoms with van der Waals surface area (Å²) in [4.78, 5) is 13.8. The van der Waals surface area contributed by atoms with Crippen molar-refractivity contribution in [3.63, 3.8) is 0 Å². The largest absolute Gasteiger partial charge is 0.497 e. The fourth-order valence-corrected chi connectivity index (χ4v) is 1.57. The van der Waals surface area contributed by atoms with Gasteiger partial charge < -0.3 is 25.0 Å². The van der Waals surface area contributed by atoms with Crippen molar-refractivity contribution in [2.45, 2.75) is 0 Å². The Labute approximate surface area is 126 Å². The van der Waals surface area contributed by atoms with Crippen molar-refractivity contribution in [2.75, 3.05) is 59.4 Å². The average molecular weight is 295 g/mol. The van der Waals surface area contributed by atoms with E-state index in [4.69, 9.17) is 9.47 Å². The lowest BCUT2D eigenvalue weighted by molar-refractivity contribution is -0.115. The standard InChI is InChI=1S/C15H25N3O3/c1-18(2)9-11-21-10-8-16-12-15(19)17-13-4-6-14(20-3)7-5-13/h4-7,16H,8-12H2,1-3H3,(H,17,19). The van der Waals surface area contributed by atoms with Crippen LogP contribution in [0.3, 0.4) is 0 Å². The maximum atomic E-state index is 11.7. The Bertz CT molecular complexity index is 407. The highest BCUT2D eigenvalue weighted by molar-refractivity contribution is 5.92. The predicted molar refractivity (Wildman–Crippen MR) is 83.9 cm³/mol. The van der Waals surface area contributed by atoms with E-state index in [0.717, 1.165) is 18.0 Å². The summed E-state index contributed by atoms with van der Waals surface area (Å²) in [7, 11) is 5.62. The normalized spacial score (nSPS) is 10.7. The van der Waals surface area contributed by atoms with Crippen LogP contribution in [-0.2, 0) is 9.53 Å². The maximum Gasteiger partial charge on any atom is 0.238 e. The monoisotopic (exact) mass is 295 g/mol. The van der Waals surface area contributed by atoms with Crippen LogP contribution in [0.4, 0.5) is 5.69 Å². The van der Waals surface area contributed by atoms with Gasteiger partial charge in [-0.05, 0) is 38.4 Å². The predicted octanol–water partition coefficient (Wildman–Crippen LogP) is 0.802. The third-order valence-electron chi connectivity index (χ3n) is 2.77. The molecule has 0 aliphatic heterocycles. The Morgan fingerprint density at radius 3 is 2.52 bits per heavy atom. The molecule has 0 aromatic heterocycles. The fraction of sp³-hybridized carbons (Fsp3) is 0.533. The number of anilines is 1. The molecule has 0 atom stereocenters. The molecule has 0 heterocycles. The molecule has 1 aromatic rings. The van der Waals surface area contributed by atoms with E-state index >= 15 is 0 Å². The Kier molecular flexibility index (Phi) is 8.42. The molecule has 0 aliphatic carbocycles. The molecule has 2 N–H and O–H groups in total. The lowest BCUT2D eigenvalue weighted by atomic mass is 10.3. The van der Waals surface area contributed by atoms with Crippen LogP contribution in [0.15, 0.2) is 24.3 Å². The first-order valence-corrected chi connectivity index (χ1v) is 6.99. The van der Waals surface area contributed by atoms with E-state index in [1.165, 1.54) is 0 Å². The lowest BCUT2D eigenvalue weighted by Gasteiger charge is -2.10.